The number of rotatable bonds is 4. The van der Waals surface area contributed by atoms with Gasteiger partial charge in [-0.2, -0.15) is 4.31 Å². The second-order valence-electron chi connectivity index (χ2n) is 6.52. The van der Waals surface area contributed by atoms with Crippen LogP contribution in [0.2, 0.25) is 5.02 Å². The van der Waals surface area contributed by atoms with Crippen LogP contribution >= 0.6 is 11.6 Å². The number of hydrogen-bond acceptors (Lipinski definition) is 3. The van der Waals surface area contributed by atoms with E-state index in [4.69, 9.17) is 11.6 Å². The predicted molar refractivity (Wildman–Crippen MR) is 103 cm³/mol. The Balaban J connectivity index is 1.91. The highest BCUT2D eigenvalue weighted by atomic mass is 35.5. The van der Waals surface area contributed by atoms with Crippen LogP contribution in [0.15, 0.2) is 41.3 Å². The minimum Gasteiger partial charge on any atom is -0.322 e. The van der Waals surface area contributed by atoms with Crippen molar-refractivity contribution in [2.75, 3.05) is 18.4 Å². The van der Waals surface area contributed by atoms with Crippen molar-refractivity contribution in [3.05, 3.63) is 58.4 Å². The number of aryl methyl sites for hydroxylation is 1. The molecule has 0 radical (unpaired) electrons. The number of halogens is 2. The molecule has 2 aromatic rings. The lowest BCUT2D eigenvalue weighted by atomic mass is 10.1. The molecule has 0 spiro atoms. The van der Waals surface area contributed by atoms with Crippen LogP contribution in [0, 0.1) is 12.7 Å². The maximum Gasteiger partial charge on any atom is 0.258 e. The number of sulfonamides is 1. The Labute approximate surface area is 163 Å². The highest BCUT2D eigenvalue weighted by Gasteiger charge is 2.27. The normalized spacial score (nSPS) is 15.5. The molecule has 3 rings (SSSR count). The number of piperidine rings is 1. The molecular weight excluding hydrogens is 391 g/mol. The van der Waals surface area contributed by atoms with Gasteiger partial charge in [-0.3, -0.25) is 4.79 Å². The van der Waals surface area contributed by atoms with Crippen LogP contribution in [0.5, 0.6) is 0 Å². The number of amides is 1. The molecule has 5 nitrogen and oxygen atoms in total. The van der Waals surface area contributed by atoms with E-state index in [9.17, 15) is 17.6 Å². The summed E-state index contributed by atoms with van der Waals surface area (Å²) < 4.78 is 41.2. The first-order valence-electron chi connectivity index (χ1n) is 8.66. The van der Waals surface area contributed by atoms with Gasteiger partial charge < -0.3 is 5.32 Å². The van der Waals surface area contributed by atoms with E-state index in [0.717, 1.165) is 37.0 Å². The van der Waals surface area contributed by atoms with Crippen molar-refractivity contribution in [1.82, 2.24) is 4.31 Å². The lowest BCUT2D eigenvalue weighted by molar-refractivity contribution is 0.102. The van der Waals surface area contributed by atoms with Crippen molar-refractivity contribution in [3.63, 3.8) is 0 Å². The number of carbonyl (C=O) groups excluding carboxylic acids is 1. The van der Waals surface area contributed by atoms with Gasteiger partial charge in [-0.25, -0.2) is 12.8 Å². The lowest BCUT2D eigenvalue weighted by Crippen LogP contribution is -2.35. The highest BCUT2D eigenvalue weighted by molar-refractivity contribution is 7.89. The maximum atomic E-state index is 14.2. The quantitative estimate of drug-likeness (QED) is 0.820. The molecule has 8 heteroatoms. The predicted octanol–water partition coefficient (Wildman–Crippen LogP) is 4.21. The van der Waals surface area contributed by atoms with Crippen LogP contribution in [0.4, 0.5) is 10.1 Å². The molecule has 1 saturated heterocycles. The molecule has 0 aromatic heterocycles. The summed E-state index contributed by atoms with van der Waals surface area (Å²) in [5, 5.41) is 3.02. The molecule has 1 aliphatic heterocycles. The van der Waals surface area contributed by atoms with Crippen molar-refractivity contribution in [1.29, 1.82) is 0 Å². The Morgan fingerprint density at radius 1 is 1.11 bits per heavy atom. The Morgan fingerprint density at radius 3 is 2.52 bits per heavy atom. The zero-order chi connectivity index (χ0) is 19.6. The number of anilines is 1. The average Bonchev–Trinajstić information content (AvgIpc) is 2.65. The summed E-state index contributed by atoms with van der Waals surface area (Å²) in [5.41, 5.74) is 0.869. The van der Waals surface area contributed by atoms with Crippen LogP contribution in [0.1, 0.15) is 35.2 Å². The highest BCUT2D eigenvalue weighted by Crippen LogP contribution is 2.25. The third kappa shape index (κ3) is 4.31. The molecule has 0 atom stereocenters. The van der Waals surface area contributed by atoms with Gasteiger partial charge in [0.25, 0.3) is 5.91 Å². The summed E-state index contributed by atoms with van der Waals surface area (Å²) in [6.45, 7) is 2.64. The molecule has 0 saturated carbocycles. The van der Waals surface area contributed by atoms with Gasteiger partial charge in [0, 0.05) is 23.8 Å². The summed E-state index contributed by atoms with van der Waals surface area (Å²) in [6.07, 6.45) is 2.58. The molecule has 1 fully saturated rings. The molecule has 1 N–H and O–H groups in total. The largest absolute Gasteiger partial charge is 0.322 e. The third-order valence-corrected chi connectivity index (χ3v) is 6.71. The fourth-order valence-corrected chi connectivity index (χ4v) is 4.73. The summed E-state index contributed by atoms with van der Waals surface area (Å²) in [6, 6.07) is 8.26. The fourth-order valence-electron chi connectivity index (χ4n) is 3.01. The van der Waals surface area contributed by atoms with Crippen LogP contribution in [0.3, 0.4) is 0 Å². The average molecular weight is 411 g/mol. The van der Waals surface area contributed by atoms with Gasteiger partial charge in [0.2, 0.25) is 10.0 Å². The van der Waals surface area contributed by atoms with Gasteiger partial charge in [-0.1, -0.05) is 24.1 Å². The molecule has 1 heterocycles. The van der Waals surface area contributed by atoms with Crippen LogP contribution in [0.25, 0.3) is 0 Å². The van der Waals surface area contributed by atoms with Gasteiger partial charge in [0.1, 0.15) is 5.82 Å². The topological polar surface area (TPSA) is 66.5 Å². The van der Waals surface area contributed by atoms with Crippen molar-refractivity contribution >= 4 is 33.2 Å². The minimum absolute atomic E-state index is 0.0845. The molecule has 0 unspecified atom stereocenters. The molecular formula is C19H20ClFN2O3S. The molecule has 0 aliphatic carbocycles. The standard InChI is InChI=1S/C19H20ClFN2O3S/c1-13-5-6-14(20)11-18(13)22-19(24)16-12-15(7-8-17(16)21)27(25,26)23-9-3-2-4-10-23/h5-8,11-12H,2-4,9-10H2,1H3,(H,22,24). The number of benzene rings is 2. The second-order valence-corrected chi connectivity index (χ2v) is 8.89. The Morgan fingerprint density at radius 2 is 1.81 bits per heavy atom. The molecule has 144 valence electrons. The summed E-state index contributed by atoms with van der Waals surface area (Å²) in [4.78, 5) is 12.5. The van der Waals surface area contributed by atoms with Crippen molar-refractivity contribution in [2.24, 2.45) is 0 Å². The third-order valence-electron chi connectivity index (χ3n) is 4.58. The molecule has 27 heavy (non-hydrogen) atoms. The van der Waals surface area contributed by atoms with Crippen LogP contribution in [-0.2, 0) is 10.0 Å². The first kappa shape index (κ1) is 19.8. The first-order valence-corrected chi connectivity index (χ1v) is 10.5. The molecule has 2 aromatic carbocycles. The number of carbonyl (C=O) groups is 1. The summed E-state index contributed by atoms with van der Waals surface area (Å²) >= 11 is 5.94. The Kier molecular flexibility index (Phi) is 5.83. The zero-order valence-electron chi connectivity index (χ0n) is 14.8. The fraction of sp³-hybridized carbons (Fsp3) is 0.316. The van der Waals surface area contributed by atoms with E-state index in [-0.39, 0.29) is 10.5 Å². The lowest BCUT2D eigenvalue weighted by Gasteiger charge is -2.26. The van der Waals surface area contributed by atoms with E-state index in [0.29, 0.717) is 23.8 Å². The Bertz CT molecular complexity index is 973. The van der Waals surface area contributed by atoms with Gasteiger partial charge in [0.15, 0.2) is 0 Å². The van der Waals surface area contributed by atoms with E-state index in [2.05, 4.69) is 5.32 Å². The molecule has 0 bridgehead atoms. The SMILES string of the molecule is Cc1ccc(Cl)cc1NC(=O)c1cc(S(=O)(=O)N2CCCCC2)ccc1F. The Hall–Kier alpha value is -1.96. The zero-order valence-corrected chi connectivity index (χ0v) is 16.4. The van der Waals surface area contributed by atoms with E-state index >= 15 is 0 Å². The second kappa shape index (κ2) is 7.96. The smallest absolute Gasteiger partial charge is 0.258 e. The monoisotopic (exact) mass is 410 g/mol. The van der Waals surface area contributed by atoms with Crippen LogP contribution < -0.4 is 5.32 Å². The van der Waals surface area contributed by atoms with E-state index in [1.54, 1.807) is 25.1 Å². The van der Waals surface area contributed by atoms with Crippen molar-refractivity contribution in [3.8, 4) is 0 Å². The number of hydrogen-bond donors (Lipinski definition) is 1. The van der Waals surface area contributed by atoms with Crippen LogP contribution in [-0.4, -0.2) is 31.7 Å². The number of nitrogens with zero attached hydrogens (tertiary/aromatic N) is 1. The minimum atomic E-state index is -3.76. The van der Waals surface area contributed by atoms with Crippen molar-refractivity contribution in [2.45, 2.75) is 31.1 Å². The number of nitrogens with one attached hydrogen (secondary N) is 1. The van der Waals surface area contributed by atoms with Gasteiger partial charge >= 0.3 is 0 Å². The molecule has 1 amide bonds. The van der Waals surface area contributed by atoms with E-state index in [1.165, 1.54) is 10.4 Å². The maximum absolute atomic E-state index is 14.2. The summed E-state index contributed by atoms with van der Waals surface area (Å²) in [7, 11) is -3.76. The summed E-state index contributed by atoms with van der Waals surface area (Å²) in [5.74, 6) is -1.52. The molecule has 1 aliphatic rings. The van der Waals surface area contributed by atoms with Gasteiger partial charge in [-0.05, 0) is 55.7 Å². The van der Waals surface area contributed by atoms with E-state index < -0.39 is 21.7 Å². The van der Waals surface area contributed by atoms with Crippen molar-refractivity contribution < 1.29 is 17.6 Å². The van der Waals surface area contributed by atoms with E-state index in [1.807, 2.05) is 0 Å². The van der Waals surface area contributed by atoms with Gasteiger partial charge in [-0.15, -0.1) is 0 Å². The first-order chi connectivity index (χ1) is 12.8. The van der Waals surface area contributed by atoms with Gasteiger partial charge in [0.05, 0.1) is 10.5 Å².